The molecule has 1 saturated carbocycles. The molecule has 2 fully saturated rings. The van der Waals surface area contributed by atoms with Crippen molar-refractivity contribution in [2.24, 2.45) is 0 Å². The first-order chi connectivity index (χ1) is 15.1. The van der Waals surface area contributed by atoms with Crippen LogP contribution in [0, 0.1) is 23.0 Å². The van der Waals surface area contributed by atoms with Crippen molar-refractivity contribution < 1.29 is 13.5 Å². The highest BCUT2D eigenvalue weighted by Gasteiger charge is 2.28. The van der Waals surface area contributed by atoms with Crippen LogP contribution in [-0.2, 0) is 0 Å². The number of anilines is 2. The van der Waals surface area contributed by atoms with Gasteiger partial charge in [0.25, 0.3) is 0 Å². The van der Waals surface area contributed by atoms with Crippen molar-refractivity contribution in [1.29, 1.82) is 5.26 Å². The van der Waals surface area contributed by atoms with Gasteiger partial charge in [-0.1, -0.05) is 0 Å². The van der Waals surface area contributed by atoms with Gasteiger partial charge in [0.2, 0.25) is 0 Å². The summed E-state index contributed by atoms with van der Waals surface area (Å²) in [5.74, 6) is 0.284. The van der Waals surface area contributed by atoms with Crippen LogP contribution >= 0.6 is 0 Å². The second-order valence-corrected chi connectivity index (χ2v) is 8.01. The Morgan fingerprint density at radius 1 is 1.00 bits per heavy atom. The zero-order valence-electron chi connectivity index (χ0n) is 16.8. The van der Waals surface area contributed by atoms with E-state index in [0.29, 0.717) is 43.1 Å². The molecule has 1 aliphatic heterocycles. The molecule has 1 aliphatic carbocycles. The first kappa shape index (κ1) is 19.5. The second kappa shape index (κ2) is 7.99. The van der Waals surface area contributed by atoms with E-state index in [9.17, 15) is 14.0 Å². The number of nitriles is 1. The number of fused-ring (bicyclic) bond motifs is 1. The number of hydrogen-bond acceptors (Lipinski definition) is 6. The molecule has 5 rings (SSSR count). The summed E-state index contributed by atoms with van der Waals surface area (Å²) in [6.45, 7) is 1.34. The Bertz CT molecular complexity index is 1170. The predicted octanol–water partition coefficient (Wildman–Crippen LogP) is 4.40. The minimum atomic E-state index is -0.688. The van der Waals surface area contributed by atoms with Gasteiger partial charge in [0.1, 0.15) is 11.9 Å². The summed E-state index contributed by atoms with van der Waals surface area (Å²) in [7, 11) is 0. The molecule has 2 aromatic carbocycles. The lowest BCUT2D eigenvalue weighted by Gasteiger charge is -2.33. The number of ether oxygens (including phenoxy) is 1. The van der Waals surface area contributed by atoms with Crippen molar-refractivity contribution in [2.75, 3.05) is 23.3 Å². The maximum atomic E-state index is 13.9. The van der Waals surface area contributed by atoms with Gasteiger partial charge in [-0.2, -0.15) is 5.26 Å². The number of benzene rings is 2. The van der Waals surface area contributed by atoms with Gasteiger partial charge in [0.15, 0.2) is 23.2 Å². The quantitative estimate of drug-likeness (QED) is 0.658. The fourth-order valence-electron chi connectivity index (χ4n) is 3.79. The Hall–Kier alpha value is -3.47. The molecule has 3 aromatic rings. The molecule has 0 atom stereocenters. The largest absolute Gasteiger partial charge is 0.487 e. The van der Waals surface area contributed by atoms with Crippen molar-refractivity contribution in [3.63, 3.8) is 0 Å². The van der Waals surface area contributed by atoms with Crippen molar-refractivity contribution in [1.82, 2.24) is 9.97 Å². The standard InChI is InChI=1S/C23H21F2N5O/c24-15-2-6-21(18(25)12-15)31-17-7-9-30(10-8-17)23-22(27-16-3-4-16)28-19-5-1-14(13-26)11-20(19)29-23/h1-2,5-6,11-12,16-17H,3-4,7-10H2,(H,27,28). The Morgan fingerprint density at radius 3 is 2.52 bits per heavy atom. The third-order valence-corrected chi connectivity index (χ3v) is 5.62. The second-order valence-electron chi connectivity index (χ2n) is 8.01. The topological polar surface area (TPSA) is 74.1 Å². The zero-order chi connectivity index (χ0) is 21.4. The number of hydrogen-bond donors (Lipinski definition) is 1. The van der Waals surface area contributed by atoms with E-state index in [1.165, 1.54) is 12.1 Å². The van der Waals surface area contributed by atoms with Crippen molar-refractivity contribution in [3.05, 3.63) is 53.6 Å². The molecule has 2 heterocycles. The highest BCUT2D eigenvalue weighted by Crippen LogP contribution is 2.33. The first-order valence-corrected chi connectivity index (χ1v) is 10.4. The Balaban J connectivity index is 1.35. The first-order valence-electron chi connectivity index (χ1n) is 10.4. The van der Waals surface area contributed by atoms with Crippen molar-refractivity contribution in [2.45, 2.75) is 37.8 Å². The van der Waals surface area contributed by atoms with Gasteiger partial charge in [0.05, 0.1) is 22.7 Å². The minimum absolute atomic E-state index is 0.0745. The summed E-state index contributed by atoms with van der Waals surface area (Å²) < 4.78 is 32.8. The number of halogens is 2. The summed E-state index contributed by atoms with van der Waals surface area (Å²) in [5.41, 5.74) is 1.97. The molecule has 31 heavy (non-hydrogen) atoms. The van der Waals surface area contributed by atoms with Gasteiger partial charge in [0, 0.05) is 38.0 Å². The molecule has 0 spiro atoms. The van der Waals surface area contributed by atoms with Crippen LogP contribution in [0.25, 0.3) is 11.0 Å². The molecule has 2 aliphatic rings. The fourth-order valence-corrected chi connectivity index (χ4v) is 3.79. The van der Waals surface area contributed by atoms with E-state index in [2.05, 4.69) is 16.3 Å². The van der Waals surface area contributed by atoms with Crippen LogP contribution in [-0.4, -0.2) is 35.2 Å². The summed E-state index contributed by atoms with van der Waals surface area (Å²) in [4.78, 5) is 11.7. The van der Waals surface area contributed by atoms with Gasteiger partial charge in [-0.05, 0) is 43.2 Å². The molecule has 0 bridgehead atoms. The smallest absolute Gasteiger partial charge is 0.172 e. The van der Waals surface area contributed by atoms with Crippen molar-refractivity contribution in [3.8, 4) is 11.8 Å². The third kappa shape index (κ3) is 4.22. The van der Waals surface area contributed by atoms with E-state index in [-0.39, 0.29) is 11.9 Å². The van der Waals surface area contributed by atoms with Crippen LogP contribution in [0.4, 0.5) is 20.4 Å². The summed E-state index contributed by atoms with van der Waals surface area (Å²) in [6.07, 6.45) is 3.43. The molecule has 0 radical (unpaired) electrons. The lowest BCUT2D eigenvalue weighted by atomic mass is 10.1. The number of aromatic nitrogens is 2. The third-order valence-electron chi connectivity index (χ3n) is 5.62. The molecular weight excluding hydrogens is 400 g/mol. The lowest BCUT2D eigenvalue weighted by Crippen LogP contribution is -2.39. The van der Waals surface area contributed by atoms with E-state index >= 15 is 0 Å². The monoisotopic (exact) mass is 421 g/mol. The van der Waals surface area contributed by atoms with Crippen LogP contribution in [0.2, 0.25) is 0 Å². The molecule has 158 valence electrons. The predicted molar refractivity (Wildman–Crippen MR) is 113 cm³/mol. The van der Waals surface area contributed by atoms with E-state index in [1.807, 2.05) is 6.07 Å². The highest BCUT2D eigenvalue weighted by molar-refractivity contribution is 5.82. The molecule has 1 N–H and O–H groups in total. The molecule has 0 unspecified atom stereocenters. The maximum absolute atomic E-state index is 13.9. The molecular formula is C23H21F2N5O. The van der Waals surface area contributed by atoms with Crippen LogP contribution in [0.3, 0.4) is 0 Å². The molecule has 1 saturated heterocycles. The van der Waals surface area contributed by atoms with Gasteiger partial charge in [-0.3, -0.25) is 0 Å². The number of nitrogens with zero attached hydrogens (tertiary/aromatic N) is 4. The van der Waals surface area contributed by atoms with Crippen LogP contribution < -0.4 is 15.0 Å². The number of nitrogens with one attached hydrogen (secondary N) is 1. The zero-order valence-corrected chi connectivity index (χ0v) is 16.8. The molecule has 0 amide bonds. The van der Waals surface area contributed by atoms with E-state index in [1.54, 1.807) is 12.1 Å². The average molecular weight is 421 g/mol. The summed E-state index contributed by atoms with van der Waals surface area (Å²) >= 11 is 0. The van der Waals surface area contributed by atoms with E-state index in [0.717, 1.165) is 36.1 Å². The van der Waals surface area contributed by atoms with E-state index in [4.69, 9.17) is 14.7 Å². The van der Waals surface area contributed by atoms with Crippen LogP contribution in [0.15, 0.2) is 36.4 Å². The van der Waals surface area contributed by atoms with Gasteiger partial charge >= 0.3 is 0 Å². The molecule has 6 nitrogen and oxygen atoms in total. The fraction of sp³-hybridized carbons (Fsp3) is 0.348. The average Bonchev–Trinajstić information content (AvgIpc) is 3.59. The number of piperidine rings is 1. The SMILES string of the molecule is N#Cc1ccc2nc(NC3CC3)c(N3CCC(Oc4ccc(F)cc4F)CC3)nc2c1. The Labute approximate surface area is 178 Å². The lowest BCUT2D eigenvalue weighted by molar-refractivity contribution is 0.163. The Kier molecular flexibility index (Phi) is 5.02. The van der Waals surface area contributed by atoms with Gasteiger partial charge < -0.3 is 15.0 Å². The number of rotatable bonds is 5. The van der Waals surface area contributed by atoms with Crippen LogP contribution in [0.1, 0.15) is 31.2 Å². The minimum Gasteiger partial charge on any atom is -0.487 e. The maximum Gasteiger partial charge on any atom is 0.172 e. The summed E-state index contributed by atoms with van der Waals surface area (Å²) in [6, 6.07) is 11.2. The molecule has 1 aromatic heterocycles. The van der Waals surface area contributed by atoms with Crippen LogP contribution in [0.5, 0.6) is 5.75 Å². The normalized spacial score (nSPS) is 16.9. The van der Waals surface area contributed by atoms with E-state index < -0.39 is 11.6 Å². The Morgan fingerprint density at radius 2 is 1.81 bits per heavy atom. The summed E-state index contributed by atoms with van der Waals surface area (Å²) in [5, 5.41) is 12.7. The van der Waals surface area contributed by atoms with Gasteiger partial charge in [-0.15, -0.1) is 0 Å². The van der Waals surface area contributed by atoms with Gasteiger partial charge in [-0.25, -0.2) is 18.7 Å². The highest BCUT2D eigenvalue weighted by atomic mass is 19.1. The van der Waals surface area contributed by atoms with Crippen molar-refractivity contribution >= 4 is 22.7 Å². The molecule has 8 heteroatoms.